The van der Waals surface area contributed by atoms with Crippen molar-refractivity contribution in [3.63, 3.8) is 0 Å². The van der Waals surface area contributed by atoms with Gasteiger partial charge in [-0.1, -0.05) is 6.07 Å². The van der Waals surface area contributed by atoms with Crippen molar-refractivity contribution >= 4 is 45.6 Å². The number of aromatic nitrogens is 1. The summed E-state index contributed by atoms with van der Waals surface area (Å²) in [6.45, 7) is 2.84. The SMILES string of the molecule is CCOC(=O)c1cc2cc(C3=NC(O)(Cl)NC(O)(N(c4ccc5c(c4)OCCO5)c4ccc5c(c4)OCCO5)C3(F)F)ccc2[nH]1. The summed E-state index contributed by atoms with van der Waals surface area (Å²) in [5.41, 5.74) is -0.617. The number of ether oxygens (including phenoxy) is 5. The number of aromatic amines is 1. The van der Waals surface area contributed by atoms with Gasteiger partial charge >= 0.3 is 11.9 Å². The number of esters is 1. The number of anilines is 2. The fourth-order valence-corrected chi connectivity index (χ4v) is 5.83. The van der Waals surface area contributed by atoms with E-state index in [9.17, 15) is 15.0 Å². The Bertz CT molecular complexity index is 1820. The van der Waals surface area contributed by atoms with Crippen molar-refractivity contribution in [2.75, 3.05) is 37.9 Å². The van der Waals surface area contributed by atoms with Crippen LogP contribution in [-0.2, 0) is 4.74 Å². The summed E-state index contributed by atoms with van der Waals surface area (Å²) in [4.78, 5) is 19.7. The molecule has 4 heterocycles. The highest BCUT2D eigenvalue weighted by atomic mass is 35.5. The summed E-state index contributed by atoms with van der Waals surface area (Å²) in [7, 11) is 0. The average molecular weight is 657 g/mol. The molecule has 4 aromatic rings. The predicted octanol–water partition coefficient (Wildman–Crippen LogP) is 4.24. The van der Waals surface area contributed by atoms with Crippen LogP contribution in [0.3, 0.4) is 0 Å². The quantitative estimate of drug-likeness (QED) is 0.103. The van der Waals surface area contributed by atoms with Crippen molar-refractivity contribution < 1.29 is 47.5 Å². The molecule has 0 spiro atoms. The summed E-state index contributed by atoms with van der Waals surface area (Å²) >= 11 is 6.26. The third-order valence-electron chi connectivity index (χ3n) is 7.61. The number of alkyl halides is 3. The number of aliphatic imine (C=N–C) groups is 1. The zero-order valence-corrected chi connectivity index (χ0v) is 24.9. The van der Waals surface area contributed by atoms with Crippen molar-refractivity contribution in [2.45, 2.75) is 24.0 Å². The first-order chi connectivity index (χ1) is 22.0. The Hall–Kier alpha value is -4.63. The van der Waals surface area contributed by atoms with Crippen LogP contribution in [0.25, 0.3) is 10.9 Å². The normalized spacial score (nSPS) is 23.0. The first-order valence-corrected chi connectivity index (χ1v) is 14.7. The first kappa shape index (κ1) is 30.0. The van der Waals surface area contributed by atoms with Crippen LogP contribution in [0, 0.1) is 0 Å². The Morgan fingerprint density at radius 1 is 0.913 bits per heavy atom. The van der Waals surface area contributed by atoms with Gasteiger partial charge in [-0.15, -0.1) is 0 Å². The van der Waals surface area contributed by atoms with Gasteiger partial charge in [0, 0.05) is 40.0 Å². The van der Waals surface area contributed by atoms with E-state index < -0.39 is 28.8 Å². The highest BCUT2D eigenvalue weighted by Gasteiger charge is 2.67. The van der Waals surface area contributed by atoms with E-state index in [1.807, 2.05) is 5.32 Å². The average Bonchev–Trinajstić information content (AvgIpc) is 3.47. The second-order valence-electron chi connectivity index (χ2n) is 10.6. The van der Waals surface area contributed by atoms with Crippen LogP contribution in [0.2, 0.25) is 0 Å². The van der Waals surface area contributed by atoms with Gasteiger partial charge in [0.15, 0.2) is 23.0 Å². The van der Waals surface area contributed by atoms with E-state index in [4.69, 9.17) is 35.3 Å². The molecule has 3 aliphatic rings. The van der Waals surface area contributed by atoms with Gasteiger partial charge in [0.1, 0.15) is 37.8 Å². The van der Waals surface area contributed by atoms with E-state index in [1.54, 1.807) is 6.92 Å². The lowest BCUT2D eigenvalue weighted by molar-refractivity contribution is -0.185. The number of carbonyl (C=O) groups is 1. The van der Waals surface area contributed by atoms with Crippen LogP contribution in [0.15, 0.2) is 65.7 Å². The number of fused-ring (bicyclic) bond motifs is 3. The summed E-state index contributed by atoms with van der Waals surface area (Å²) in [5.74, 6) is -7.10. The van der Waals surface area contributed by atoms with E-state index in [0.29, 0.717) is 35.6 Å². The molecule has 0 saturated heterocycles. The molecule has 0 saturated carbocycles. The van der Waals surface area contributed by atoms with Crippen molar-refractivity contribution in [1.29, 1.82) is 0 Å². The van der Waals surface area contributed by atoms with Gasteiger partial charge in [-0.05, 0) is 61.0 Å². The molecular weight excluding hydrogens is 630 g/mol. The molecular formula is C31H27ClF2N4O8. The molecule has 3 aromatic carbocycles. The molecule has 0 bridgehead atoms. The molecule has 0 fully saturated rings. The van der Waals surface area contributed by atoms with Gasteiger partial charge in [-0.3, -0.25) is 4.90 Å². The van der Waals surface area contributed by atoms with Gasteiger partial charge < -0.3 is 38.9 Å². The number of benzene rings is 3. The Kier molecular flexibility index (Phi) is 7.20. The Morgan fingerprint density at radius 2 is 1.50 bits per heavy atom. The van der Waals surface area contributed by atoms with Crippen LogP contribution < -0.4 is 29.2 Å². The number of halogens is 3. The molecule has 4 N–H and O–H groups in total. The third kappa shape index (κ3) is 5.03. The van der Waals surface area contributed by atoms with E-state index in [-0.39, 0.29) is 54.0 Å². The standard InChI is InChI=1S/C31H27ClF2N4O8/c1-2-42-28(39)22-14-18-13-17(3-6-21(18)35-22)27-29(33,34)30(40,37-31(32,41)36-27)38(19-4-7-23-25(15-19)45-11-9-43-23)20-5-8-24-26(16-20)46-12-10-44-24/h3-8,13-16,35,37,40-41H,2,9-12H2,1H3. The van der Waals surface area contributed by atoms with Gasteiger partial charge in [0.2, 0.25) is 0 Å². The van der Waals surface area contributed by atoms with Gasteiger partial charge in [0.05, 0.1) is 6.61 Å². The highest BCUT2D eigenvalue weighted by Crippen LogP contribution is 2.48. The summed E-state index contributed by atoms with van der Waals surface area (Å²) in [5, 5.41) is 22.8. The molecule has 1 aromatic heterocycles. The lowest BCUT2D eigenvalue weighted by Gasteiger charge is -2.50. The highest BCUT2D eigenvalue weighted by molar-refractivity contribution is 6.24. The monoisotopic (exact) mass is 656 g/mol. The third-order valence-corrected chi connectivity index (χ3v) is 7.79. The van der Waals surface area contributed by atoms with Crippen molar-refractivity contribution in [3.05, 3.63) is 71.9 Å². The molecule has 7 rings (SSSR count). The summed E-state index contributed by atoms with van der Waals surface area (Å²) in [6, 6.07) is 14.3. The van der Waals surface area contributed by atoms with Crippen molar-refractivity contribution in [1.82, 2.24) is 10.3 Å². The molecule has 3 aliphatic heterocycles. The van der Waals surface area contributed by atoms with Crippen LogP contribution in [-0.4, -0.2) is 77.0 Å². The Morgan fingerprint density at radius 3 is 2.09 bits per heavy atom. The van der Waals surface area contributed by atoms with Crippen molar-refractivity contribution in [2.24, 2.45) is 4.99 Å². The Balaban J connectivity index is 1.38. The van der Waals surface area contributed by atoms with Crippen LogP contribution in [0.4, 0.5) is 20.2 Å². The predicted molar refractivity (Wildman–Crippen MR) is 162 cm³/mol. The summed E-state index contributed by atoms with van der Waals surface area (Å²) < 4.78 is 61.7. The van der Waals surface area contributed by atoms with Crippen LogP contribution in [0.5, 0.6) is 23.0 Å². The zero-order valence-electron chi connectivity index (χ0n) is 24.2. The smallest absolute Gasteiger partial charge is 0.354 e. The minimum absolute atomic E-state index is 0.0180. The molecule has 46 heavy (non-hydrogen) atoms. The molecule has 2 atom stereocenters. The maximum Gasteiger partial charge on any atom is 0.354 e. The number of carbonyl (C=O) groups excluding carboxylic acids is 1. The van der Waals surface area contributed by atoms with Gasteiger partial charge in [-0.2, -0.15) is 8.78 Å². The molecule has 12 nitrogen and oxygen atoms in total. The minimum atomic E-state index is -4.28. The fraction of sp³-hybridized carbons (Fsp3) is 0.290. The molecule has 2 unspecified atom stereocenters. The Labute approximate surface area is 265 Å². The topological polar surface area (TPSA) is 147 Å². The van der Waals surface area contributed by atoms with Gasteiger partial charge in [0.25, 0.3) is 11.2 Å². The van der Waals surface area contributed by atoms with E-state index >= 15 is 8.78 Å². The largest absolute Gasteiger partial charge is 0.486 e. The van der Waals surface area contributed by atoms with Gasteiger partial charge in [-0.25, -0.2) is 15.1 Å². The lowest BCUT2D eigenvalue weighted by Crippen LogP contribution is -2.76. The fourth-order valence-electron chi connectivity index (χ4n) is 5.62. The van der Waals surface area contributed by atoms with E-state index in [2.05, 4.69) is 9.98 Å². The van der Waals surface area contributed by atoms with Crippen LogP contribution >= 0.6 is 11.6 Å². The number of aliphatic hydroxyl groups is 2. The number of rotatable bonds is 6. The number of nitrogens with zero attached hydrogens (tertiary/aromatic N) is 2. The minimum Gasteiger partial charge on any atom is -0.486 e. The van der Waals surface area contributed by atoms with Crippen LogP contribution in [0.1, 0.15) is 23.0 Å². The number of nitrogens with one attached hydrogen (secondary N) is 2. The molecule has 0 radical (unpaired) electrons. The maximum absolute atomic E-state index is 17.0. The second-order valence-corrected chi connectivity index (χ2v) is 11.1. The molecule has 0 amide bonds. The molecule has 240 valence electrons. The number of hydrogen-bond donors (Lipinski definition) is 4. The first-order valence-electron chi connectivity index (χ1n) is 14.3. The van der Waals surface area contributed by atoms with E-state index in [0.717, 1.165) is 4.90 Å². The van der Waals surface area contributed by atoms with E-state index in [1.165, 1.54) is 60.7 Å². The number of hydrogen-bond acceptors (Lipinski definition) is 11. The zero-order chi connectivity index (χ0) is 32.3. The molecule has 0 aliphatic carbocycles. The number of H-pyrrole nitrogens is 1. The lowest BCUT2D eigenvalue weighted by atomic mass is 9.95. The van der Waals surface area contributed by atoms with Crippen molar-refractivity contribution in [3.8, 4) is 23.0 Å². The second kappa shape index (κ2) is 11.0. The summed E-state index contributed by atoms with van der Waals surface area (Å²) in [6.07, 6.45) is 0. The maximum atomic E-state index is 17.0. The molecule has 15 heteroatoms.